The predicted octanol–water partition coefficient (Wildman–Crippen LogP) is 1.82. The summed E-state index contributed by atoms with van der Waals surface area (Å²) in [7, 11) is 0. The van der Waals surface area contributed by atoms with Gasteiger partial charge in [-0.05, 0) is 19.1 Å². The average molecular weight is 229 g/mol. The fraction of sp³-hybridized carbons (Fsp3) is 0.0909. The Morgan fingerprint density at radius 3 is 2.71 bits per heavy atom. The molecule has 2 aromatic rings. The maximum Gasteiger partial charge on any atom is 0.326 e. The van der Waals surface area contributed by atoms with Gasteiger partial charge in [-0.15, -0.1) is 0 Å². The number of amides is 2. The Morgan fingerprint density at radius 1 is 1.18 bits per heavy atom. The summed E-state index contributed by atoms with van der Waals surface area (Å²) in [6, 6.07) is 4.98. The lowest BCUT2D eigenvalue weighted by Crippen LogP contribution is -2.20. The minimum atomic E-state index is -0.399. The Balaban J connectivity index is 1.98. The van der Waals surface area contributed by atoms with E-state index in [9.17, 15) is 4.79 Å². The zero-order valence-electron chi connectivity index (χ0n) is 9.21. The molecule has 0 bridgehead atoms. The van der Waals surface area contributed by atoms with Crippen LogP contribution in [-0.2, 0) is 0 Å². The molecule has 0 radical (unpaired) electrons. The summed E-state index contributed by atoms with van der Waals surface area (Å²) in [5.41, 5.74) is 0.835. The molecule has 2 aromatic heterocycles. The number of urea groups is 1. The third kappa shape index (κ3) is 3.23. The minimum Gasteiger partial charge on any atom is -0.292 e. The van der Waals surface area contributed by atoms with Crippen molar-refractivity contribution in [2.75, 3.05) is 10.6 Å². The molecule has 0 atom stereocenters. The number of hydrogen-bond donors (Lipinski definition) is 2. The molecule has 0 spiro atoms. The van der Waals surface area contributed by atoms with Crippen LogP contribution in [0.1, 0.15) is 5.69 Å². The van der Waals surface area contributed by atoms with Gasteiger partial charge < -0.3 is 0 Å². The first-order valence-corrected chi connectivity index (χ1v) is 5.02. The van der Waals surface area contributed by atoms with Gasteiger partial charge in [-0.1, -0.05) is 6.07 Å². The maximum absolute atomic E-state index is 11.6. The van der Waals surface area contributed by atoms with Gasteiger partial charge in [0.25, 0.3) is 0 Å². The number of aryl methyl sites for hydroxylation is 1. The van der Waals surface area contributed by atoms with Crippen LogP contribution in [-0.4, -0.2) is 21.0 Å². The Labute approximate surface area is 98.1 Å². The van der Waals surface area contributed by atoms with Crippen molar-refractivity contribution in [2.45, 2.75) is 6.92 Å². The second kappa shape index (κ2) is 5.02. The highest BCUT2D eigenvalue weighted by Crippen LogP contribution is 2.05. The molecule has 0 aliphatic carbocycles. The van der Waals surface area contributed by atoms with Gasteiger partial charge in [-0.3, -0.25) is 15.6 Å². The summed E-state index contributed by atoms with van der Waals surface area (Å²) in [5.74, 6) is 0.879. The molecule has 0 aliphatic rings. The van der Waals surface area contributed by atoms with Gasteiger partial charge in [-0.2, -0.15) is 0 Å². The topological polar surface area (TPSA) is 79.8 Å². The van der Waals surface area contributed by atoms with E-state index in [1.165, 1.54) is 18.6 Å². The molecule has 2 rings (SSSR count). The van der Waals surface area contributed by atoms with Crippen molar-refractivity contribution in [2.24, 2.45) is 0 Å². The van der Waals surface area contributed by atoms with E-state index in [1.54, 1.807) is 6.07 Å². The molecular weight excluding hydrogens is 218 g/mol. The van der Waals surface area contributed by atoms with E-state index in [0.717, 1.165) is 5.69 Å². The molecule has 0 saturated carbocycles. The second-order valence-electron chi connectivity index (χ2n) is 3.33. The summed E-state index contributed by atoms with van der Waals surface area (Å²) < 4.78 is 0. The van der Waals surface area contributed by atoms with E-state index in [-0.39, 0.29) is 0 Å². The van der Waals surface area contributed by atoms with Gasteiger partial charge in [0.2, 0.25) is 0 Å². The second-order valence-corrected chi connectivity index (χ2v) is 3.33. The number of nitrogens with zero attached hydrogens (tertiary/aromatic N) is 3. The number of rotatable bonds is 2. The maximum atomic E-state index is 11.6. The SMILES string of the molecule is Cc1cccc(NC(=O)Nc2cnccn2)n1. The Morgan fingerprint density at radius 2 is 2.00 bits per heavy atom. The van der Waals surface area contributed by atoms with Crippen LogP contribution < -0.4 is 10.6 Å². The van der Waals surface area contributed by atoms with Gasteiger partial charge in [0, 0.05) is 18.1 Å². The van der Waals surface area contributed by atoms with Gasteiger partial charge in [0.15, 0.2) is 5.82 Å². The van der Waals surface area contributed by atoms with Crippen LogP contribution in [0, 0.1) is 6.92 Å². The first-order valence-electron chi connectivity index (χ1n) is 5.02. The normalized spacial score (nSPS) is 9.71. The molecule has 2 amide bonds. The van der Waals surface area contributed by atoms with Crippen LogP contribution in [0.5, 0.6) is 0 Å². The number of carbonyl (C=O) groups is 1. The lowest BCUT2D eigenvalue weighted by molar-refractivity contribution is 0.262. The highest BCUT2D eigenvalue weighted by atomic mass is 16.2. The first-order chi connectivity index (χ1) is 8.24. The lowest BCUT2D eigenvalue weighted by Gasteiger charge is -2.05. The van der Waals surface area contributed by atoms with Crippen LogP contribution in [0.15, 0.2) is 36.8 Å². The van der Waals surface area contributed by atoms with E-state index < -0.39 is 6.03 Å². The van der Waals surface area contributed by atoms with Crippen LogP contribution >= 0.6 is 0 Å². The Bertz CT molecular complexity index is 514. The smallest absolute Gasteiger partial charge is 0.292 e. The van der Waals surface area contributed by atoms with Gasteiger partial charge >= 0.3 is 6.03 Å². The molecule has 0 aliphatic heterocycles. The molecule has 0 saturated heterocycles. The first kappa shape index (κ1) is 11.0. The van der Waals surface area contributed by atoms with E-state index in [1.807, 2.05) is 19.1 Å². The highest BCUT2D eigenvalue weighted by Gasteiger charge is 2.03. The zero-order chi connectivity index (χ0) is 12.1. The molecule has 6 heteroatoms. The molecular formula is C11H11N5O. The van der Waals surface area contributed by atoms with E-state index >= 15 is 0 Å². The van der Waals surface area contributed by atoms with Crippen molar-refractivity contribution < 1.29 is 4.79 Å². The summed E-state index contributed by atoms with van der Waals surface area (Å²) in [4.78, 5) is 23.5. The monoisotopic (exact) mass is 229 g/mol. The number of aromatic nitrogens is 3. The molecule has 86 valence electrons. The summed E-state index contributed by atoms with van der Waals surface area (Å²) >= 11 is 0. The number of nitrogens with one attached hydrogen (secondary N) is 2. The van der Waals surface area contributed by atoms with Crippen LogP contribution in [0.3, 0.4) is 0 Å². The average Bonchev–Trinajstić information content (AvgIpc) is 2.30. The van der Waals surface area contributed by atoms with Gasteiger partial charge in [-0.25, -0.2) is 14.8 Å². The minimum absolute atomic E-state index is 0.387. The number of hydrogen-bond acceptors (Lipinski definition) is 4. The molecule has 2 N–H and O–H groups in total. The molecule has 6 nitrogen and oxygen atoms in total. The van der Waals surface area contributed by atoms with Crippen LogP contribution in [0.2, 0.25) is 0 Å². The number of carbonyl (C=O) groups excluding carboxylic acids is 1. The summed E-state index contributed by atoms with van der Waals surface area (Å²) in [6.07, 6.45) is 4.50. The van der Waals surface area contributed by atoms with Crippen LogP contribution in [0.25, 0.3) is 0 Å². The van der Waals surface area contributed by atoms with E-state index in [4.69, 9.17) is 0 Å². The molecule has 0 aromatic carbocycles. The Hall–Kier alpha value is -2.50. The fourth-order valence-corrected chi connectivity index (χ4v) is 1.24. The van der Waals surface area contributed by atoms with Crippen molar-refractivity contribution in [1.82, 2.24) is 15.0 Å². The predicted molar refractivity (Wildman–Crippen MR) is 63.6 cm³/mol. The standard InChI is InChI=1S/C11H11N5O/c1-8-3-2-4-9(14-8)15-11(17)16-10-7-12-5-6-13-10/h2-7H,1H3,(H2,13,14,15,16,17). The molecule has 17 heavy (non-hydrogen) atoms. The number of anilines is 2. The van der Waals surface area contributed by atoms with Crippen molar-refractivity contribution in [3.63, 3.8) is 0 Å². The van der Waals surface area contributed by atoms with Crippen molar-refractivity contribution in [3.05, 3.63) is 42.5 Å². The largest absolute Gasteiger partial charge is 0.326 e. The fourth-order valence-electron chi connectivity index (χ4n) is 1.24. The molecule has 2 heterocycles. The van der Waals surface area contributed by atoms with Crippen molar-refractivity contribution in [3.8, 4) is 0 Å². The molecule has 0 fully saturated rings. The molecule has 0 unspecified atom stereocenters. The summed E-state index contributed by atoms with van der Waals surface area (Å²) in [6.45, 7) is 1.85. The Kier molecular flexibility index (Phi) is 3.25. The highest BCUT2D eigenvalue weighted by molar-refractivity contribution is 5.98. The van der Waals surface area contributed by atoms with Crippen molar-refractivity contribution in [1.29, 1.82) is 0 Å². The zero-order valence-corrected chi connectivity index (χ0v) is 9.21. The number of pyridine rings is 1. The third-order valence-corrected chi connectivity index (χ3v) is 1.93. The van der Waals surface area contributed by atoms with Crippen LogP contribution in [0.4, 0.5) is 16.4 Å². The quantitative estimate of drug-likeness (QED) is 0.823. The van der Waals surface area contributed by atoms with Gasteiger partial charge in [0.1, 0.15) is 5.82 Å². The third-order valence-electron chi connectivity index (χ3n) is 1.93. The van der Waals surface area contributed by atoms with Crippen molar-refractivity contribution >= 4 is 17.7 Å². The van der Waals surface area contributed by atoms with E-state index in [0.29, 0.717) is 11.6 Å². The summed E-state index contributed by atoms with van der Waals surface area (Å²) in [5, 5.41) is 5.15. The van der Waals surface area contributed by atoms with E-state index in [2.05, 4.69) is 25.6 Å². The lowest BCUT2D eigenvalue weighted by atomic mass is 10.4. The van der Waals surface area contributed by atoms with Gasteiger partial charge in [0.05, 0.1) is 6.20 Å².